The van der Waals surface area contributed by atoms with Crippen molar-refractivity contribution >= 4 is 41.0 Å². The number of ether oxygens (including phenoxy) is 6. The number of rotatable bonds is 10. The van der Waals surface area contributed by atoms with Crippen molar-refractivity contribution < 1.29 is 77.3 Å². The number of hydrogen-bond donors (Lipinski definition) is 3. The van der Waals surface area contributed by atoms with Gasteiger partial charge in [-0.05, 0) is 19.4 Å². The lowest BCUT2D eigenvalue weighted by Gasteiger charge is -2.43. The van der Waals surface area contributed by atoms with Crippen LogP contribution < -0.4 is 4.74 Å². The van der Waals surface area contributed by atoms with E-state index >= 15 is 0 Å². The van der Waals surface area contributed by atoms with Crippen LogP contribution in [0.5, 0.6) is 17.2 Å². The third-order valence-corrected chi connectivity index (χ3v) is 12.9. The summed E-state index contributed by atoms with van der Waals surface area (Å²) in [5.74, 6) is -7.44. The summed E-state index contributed by atoms with van der Waals surface area (Å²) in [6, 6.07) is 4.11. The molecule has 0 radical (unpaired) electrons. The van der Waals surface area contributed by atoms with Gasteiger partial charge >= 0.3 is 0 Å². The third-order valence-electron chi connectivity index (χ3n) is 12.9. The van der Waals surface area contributed by atoms with Crippen molar-refractivity contribution in [1.29, 1.82) is 0 Å². The second-order valence-corrected chi connectivity index (χ2v) is 16.3. The van der Waals surface area contributed by atoms with E-state index in [1.807, 2.05) is 0 Å². The highest BCUT2D eigenvalue weighted by Gasteiger charge is 2.55. The lowest BCUT2D eigenvalue weighted by molar-refractivity contribution is -0.256. The first-order valence-corrected chi connectivity index (χ1v) is 20.0. The van der Waals surface area contributed by atoms with E-state index < -0.39 is 138 Å². The van der Waals surface area contributed by atoms with Gasteiger partial charge in [0, 0.05) is 86.6 Å². The molecule has 4 fully saturated rings. The van der Waals surface area contributed by atoms with Crippen LogP contribution in [-0.2, 0) is 54.1 Å². The number of benzene rings is 2. The number of aromatic hydroxyl groups is 2. The Morgan fingerprint density at radius 2 is 1.69 bits per heavy atom. The van der Waals surface area contributed by atoms with Gasteiger partial charge in [-0.15, -0.1) is 0 Å². The predicted molar refractivity (Wildman–Crippen MR) is 202 cm³/mol. The Morgan fingerprint density at radius 1 is 0.951 bits per heavy atom. The van der Waals surface area contributed by atoms with Gasteiger partial charge in [0.05, 0.1) is 42.6 Å². The molecule has 5 aliphatic heterocycles. The number of likely N-dealkylation sites (tertiary alicyclic amines) is 1. The standard InChI is InChI=1S/C42H43N3O16/c1-18-38-22(43-11-12-58-41(57-3)40(43)61-38)14-29(59-18)60-24-16-42(55,25(46)8-7-19-13-28(49)45(39(19)54)17-44-26(47)9-10-27(44)48)15-21-31(24)37(53)33-32(35(21)51)34(50)20-5-4-6-23(56-2)30(20)36(33)52/h4-6,9-10,18-19,22,24,29,38,40-41,51,53,55H,7-8,11-17H2,1-3H3/t18-,19?,22-,24-,29-,38+,40+,41-,42-/m0/s1. The Bertz CT molecular complexity index is 2310. The average Bonchev–Trinajstić information content (AvgIpc) is 3.87. The summed E-state index contributed by atoms with van der Waals surface area (Å²) in [6.07, 6.45) is -4.35. The largest absolute Gasteiger partial charge is 0.507 e. The topological polar surface area (TPSA) is 245 Å². The Hall–Kier alpha value is -5.41. The first kappa shape index (κ1) is 41.0. The number of aliphatic hydroxyl groups is 1. The molecule has 7 aliphatic rings. The molecule has 2 aliphatic carbocycles. The molecule has 9 rings (SSSR count). The molecule has 4 amide bonds. The molecular formula is C42H43N3O16. The quantitative estimate of drug-likeness (QED) is 0.188. The second kappa shape index (κ2) is 15.2. The summed E-state index contributed by atoms with van der Waals surface area (Å²) >= 11 is 0. The molecule has 19 heteroatoms. The molecule has 19 nitrogen and oxygen atoms in total. The molecule has 0 aromatic heterocycles. The molecule has 0 bridgehead atoms. The zero-order valence-corrected chi connectivity index (χ0v) is 33.4. The fourth-order valence-electron chi connectivity index (χ4n) is 9.92. The normalized spacial score (nSPS) is 31.9. The van der Waals surface area contributed by atoms with E-state index in [4.69, 9.17) is 28.4 Å². The molecule has 0 saturated carbocycles. The molecular weight excluding hydrogens is 802 g/mol. The molecule has 2 aromatic carbocycles. The molecule has 5 heterocycles. The summed E-state index contributed by atoms with van der Waals surface area (Å²) in [5, 5.41) is 36.3. The van der Waals surface area contributed by atoms with Crippen molar-refractivity contribution in [3.8, 4) is 17.2 Å². The van der Waals surface area contributed by atoms with E-state index in [0.717, 1.165) is 22.0 Å². The van der Waals surface area contributed by atoms with Gasteiger partial charge in [-0.25, -0.2) is 0 Å². The lowest BCUT2D eigenvalue weighted by Crippen LogP contribution is -2.55. The van der Waals surface area contributed by atoms with Crippen molar-refractivity contribution in [2.75, 3.05) is 34.0 Å². The minimum atomic E-state index is -2.33. The highest BCUT2D eigenvalue weighted by Crippen LogP contribution is 2.53. The third kappa shape index (κ3) is 6.48. The van der Waals surface area contributed by atoms with Crippen LogP contribution in [0.4, 0.5) is 0 Å². The van der Waals surface area contributed by atoms with Gasteiger partial charge in [0.1, 0.15) is 35.6 Å². The highest BCUT2D eigenvalue weighted by molar-refractivity contribution is 6.31. The van der Waals surface area contributed by atoms with Crippen LogP contribution in [-0.4, -0.2) is 148 Å². The summed E-state index contributed by atoms with van der Waals surface area (Å²) in [5.41, 5.74) is -3.86. The van der Waals surface area contributed by atoms with Crippen molar-refractivity contribution in [2.24, 2.45) is 5.92 Å². The van der Waals surface area contributed by atoms with Crippen molar-refractivity contribution in [3.05, 3.63) is 63.7 Å². The maximum atomic E-state index is 14.2. The number of carbonyl (C=O) groups is 7. The second-order valence-electron chi connectivity index (χ2n) is 16.3. The average molecular weight is 846 g/mol. The molecule has 1 unspecified atom stereocenters. The molecule has 61 heavy (non-hydrogen) atoms. The number of phenols is 2. The number of morpholine rings is 1. The van der Waals surface area contributed by atoms with Gasteiger partial charge < -0.3 is 43.7 Å². The maximum Gasteiger partial charge on any atom is 0.255 e. The van der Waals surface area contributed by atoms with Crippen molar-refractivity contribution in [3.63, 3.8) is 0 Å². The number of carbonyl (C=O) groups excluding carboxylic acids is 7. The summed E-state index contributed by atoms with van der Waals surface area (Å²) in [4.78, 5) is 96.5. The number of fused-ring (bicyclic) bond motifs is 6. The molecule has 9 atom stereocenters. The van der Waals surface area contributed by atoms with Crippen LogP contribution in [0.3, 0.4) is 0 Å². The van der Waals surface area contributed by atoms with E-state index in [2.05, 4.69) is 4.90 Å². The fourth-order valence-corrected chi connectivity index (χ4v) is 9.92. The SMILES string of the molecule is COc1cccc2c1C(=O)c1c(O)c3c(c(O)c1C2=O)C[C@@](O)(C(=O)CCC1CC(=O)N(CN2C(=O)C=CC2=O)C1=O)C[C@@H]3O[C@H]1C[C@H]2[C@H](O[C@@H]3[C@@H](OC)OCCN32)[C@H](C)O1. The van der Waals surface area contributed by atoms with Crippen molar-refractivity contribution in [1.82, 2.24) is 14.7 Å². The van der Waals surface area contributed by atoms with Crippen LogP contribution in [0.25, 0.3) is 0 Å². The van der Waals surface area contributed by atoms with Gasteiger partial charge in [-0.2, -0.15) is 0 Å². The number of methoxy groups -OCH3 is 2. The van der Waals surface area contributed by atoms with Crippen LogP contribution in [0.1, 0.15) is 88.1 Å². The Labute approximate surface area is 347 Å². The first-order valence-electron chi connectivity index (χ1n) is 20.0. The molecule has 0 spiro atoms. The van der Waals surface area contributed by atoms with E-state index in [0.29, 0.717) is 13.2 Å². The lowest BCUT2D eigenvalue weighted by atomic mass is 9.71. The van der Waals surface area contributed by atoms with Gasteiger partial charge in [0.15, 0.2) is 30.4 Å². The summed E-state index contributed by atoms with van der Waals surface area (Å²) < 4.78 is 35.8. The number of imide groups is 2. The van der Waals surface area contributed by atoms with Gasteiger partial charge in [0.25, 0.3) is 11.8 Å². The van der Waals surface area contributed by atoms with Gasteiger partial charge in [-0.3, -0.25) is 48.3 Å². The zero-order valence-electron chi connectivity index (χ0n) is 33.4. The van der Waals surface area contributed by atoms with Crippen LogP contribution >= 0.6 is 0 Å². The fraction of sp³-hybridized carbons (Fsp3) is 0.500. The van der Waals surface area contributed by atoms with Crippen molar-refractivity contribution in [2.45, 2.75) is 94.2 Å². The van der Waals surface area contributed by atoms with E-state index in [9.17, 15) is 48.9 Å². The Balaban J connectivity index is 1.03. The number of Topliss-reactive ketones (excluding diaryl/α,β-unsaturated/α-hetero) is 1. The van der Waals surface area contributed by atoms with E-state index in [1.54, 1.807) is 6.92 Å². The molecule has 322 valence electrons. The number of amides is 4. The van der Waals surface area contributed by atoms with Crippen LogP contribution in [0.15, 0.2) is 30.4 Å². The van der Waals surface area contributed by atoms with Gasteiger partial charge in [-0.1, -0.05) is 12.1 Å². The minimum absolute atomic E-state index is 0.0709. The molecule has 3 N–H and O–H groups in total. The van der Waals surface area contributed by atoms with Gasteiger partial charge in [0.2, 0.25) is 17.6 Å². The van der Waals surface area contributed by atoms with Crippen LogP contribution in [0, 0.1) is 5.92 Å². The summed E-state index contributed by atoms with van der Waals surface area (Å²) in [6.45, 7) is 2.12. The maximum absolute atomic E-state index is 14.2. The zero-order chi connectivity index (χ0) is 43.2. The van der Waals surface area contributed by atoms with E-state index in [-0.39, 0.29) is 53.3 Å². The minimum Gasteiger partial charge on any atom is -0.507 e. The summed E-state index contributed by atoms with van der Waals surface area (Å²) in [7, 11) is 2.84. The highest BCUT2D eigenvalue weighted by atomic mass is 16.7. The van der Waals surface area contributed by atoms with Crippen LogP contribution in [0.2, 0.25) is 0 Å². The van der Waals surface area contributed by atoms with E-state index in [1.165, 1.54) is 32.4 Å². The number of nitrogens with zero attached hydrogens (tertiary/aromatic N) is 3. The Morgan fingerprint density at radius 3 is 2.41 bits per heavy atom. The predicted octanol–water partition coefficient (Wildman–Crippen LogP) is 0.757. The number of ketones is 3. The number of hydrogen-bond acceptors (Lipinski definition) is 17. The Kier molecular flexibility index (Phi) is 10.2. The molecule has 2 aromatic rings. The monoisotopic (exact) mass is 845 g/mol. The smallest absolute Gasteiger partial charge is 0.255 e. The number of phenolic OH excluding ortho intramolecular Hbond substituents is 2. The first-order chi connectivity index (χ1) is 29.1. The molecule has 4 saturated heterocycles.